The number of aliphatic hydroxyl groups is 1. The van der Waals surface area contributed by atoms with Gasteiger partial charge in [0.15, 0.2) is 0 Å². The zero-order chi connectivity index (χ0) is 9.35. The van der Waals surface area contributed by atoms with Gasteiger partial charge in [-0.15, -0.1) is 0 Å². The van der Waals surface area contributed by atoms with Crippen LogP contribution in [0.3, 0.4) is 0 Å². The van der Waals surface area contributed by atoms with Gasteiger partial charge in [-0.2, -0.15) is 0 Å². The molecule has 70 valence electrons. The summed E-state index contributed by atoms with van der Waals surface area (Å²) < 4.78 is 0. The number of aliphatic carboxylic acids is 1. The molecule has 1 rings (SSSR count). The fraction of sp³-hybridized carbons (Fsp3) is 0.875. The Hall–Kier alpha value is -0.610. The van der Waals surface area contributed by atoms with E-state index in [9.17, 15) is 9.90 Å². The van der Waals surface area contributed by atoms with Crippen LogP contribution in [0.5, 0.6) is 0 Å². The van der Waals surface area contributed by atoms with Gasteiger partial charge in [0, 0.05) is 13.0 Å². The number of hydrogen-bond donors (Lipinski definition) is 3. The molecule has 0 aromatic rings. The van der Waals surface area contributed by atoms with Crippen LogP contribution in [0.4, 0.5) is 0 Å². The topological polar surface area (TPSA) is 69.6 Å². The molecule has 0 amide bonds. The summed E-state index contributed by atoms with van der Waals surface area (Å²) in [5.74, 6) is -0.782. The maximum atomic E-state index is 10.6. The second kappa shape index (κ2) is 3.03. The Balaban J connectivity index is 2.63. The summed E-state index contributed by atoms with van der Waals surface area (Å²) in [5, 5.41) is 21.3. The molecule has 1 saturated heterocycles. The predicted molar refractivity (Wildman–Crippen MR) is 43.8 cm³/mol. The fourth-order valence-corrected chi connectivity index (χ4v) is 1.40. The molecule has 3 atom stereocenters. The molecule has 4 nitrogen and oxygen atoms in total. The third-order valence-electron chi connectivity index (χ3n) is 2.65. The number of carbonyl (C=O) groups is 1. The highest BCUT2D eigenvalue weighted by Gasteiger charge is 2.38. The average Bonchev–Trinajstić information content (AvgIpc) is 1.94. The monoisotopic (exact) mass is 173 g/mol. The van der Waals surface area contributed by atoms with E-state index >= 15 is 0 Å². The number of piperidine rings is 1. The van der Waals surface area contributed by atoms with Crippen molar-refractivity contribution in [3.63, 3.8) is 0 Å². The van der Waals surface area contributed by atoms with Gasteiger partial charge in [-0.1, -0.05) is 6.92 Å². The maximum absolute atomic E-state index is 10.6. The van der Waals surface area contributed by atoms with Gasteiger partial charge < -0.3 is 15.5 Å². The summed E-state index contributed by atoms with van der Waals surface area (Å²) in [6, 6.07) is -0.601. The molecular weight excluding hydrogens is 158 g/mol. The zero-order valence-corrected chi connectivity index (χ0v) is 7.37. The first-order valence-corrected chi connectivity index (χ1v) is 4.12. The Morgan fingerprint density at radius 2 is 2.25 bits per heavy atom. The molecule has 1 fully saturated rings. The molecule has 1 aliphatic heterocycles. The zero-order valence-electron chi connectivity index (χ0n) is 7.37. The van der Waals surface area contributed by atoms with Gasteiger partial charge in [0.1, 0.15) is 6.04 Å². The van der Waals surface area contributed by atoms with Crippen molar-refractivity contribution in [2.75, 3.05) is 6.54 Å². The first kappa shape index (κ1) is 9.48. The minimum Gasteiger partial charge on any atom is -0.480 e. The largest absolute Gasteiger partial charge is 0.480 e. The molecule has 4 heteroatoms. The van der Waals surface area contributed by atoms with Crippen molar-refractivity contribution in [1.29, 1.82) is 0 Å². The SMILES string of the molecule is CC1CNC(C(=O)O)CC1(C)O. The summed E-state index contributed by atoms with van der Waals surface area (Å²) in [5.41, 5.74) is -0.853. The Morgan fingerprint density at radius 1 is 1.67 bits per heavy atom. The summed E-state index contributed by atoms with van der Waals surface area (Å²) >= 11 is 0. The Labute approximate surface area is 71.6 Å². The summed E-state index contributed by atoms with van der Waals surface area (Å²) in [6.45, 7) is 4.16. The number of carboxylic acids is 1. The predicted octanol–water partition coefficient (Wildman–Crippen LogP) is -0.180. The van der Waals surface area contributed by atoms with Crippen LogP contribution in [-0.2, 0) is 4.79 Å². The number of rotatable bonds is 1. The van der Waals surface area contributed by atoms with Gasteiger partial charge in [0.25, 0.3) is 0 Å². The highest BCUT2D eigenvalue weighted by molar-refractivity contribution is 5.73. The molecule has 0 aliphatic carbocycles. The normalized spacial score (nSPS) is 42.6. The Bertz CT molecular complexity index is 191. The second-order valence-electron chi connectivity index (χ2n) is 3.76. The van der Waals surface area contributed by atoms with Crippen LogP contribution >= 0.6 is 0 Å². The first-order valence-electron chi connectivity index (χ1n) is 4.12. The first-order chi connectivity index (χ1) is 5.43. The molecule has 3 unspecified atom stereocenters. The number of nitrogens with one attached hydrogen (secondary N) is 1. The summed E-state index contributed by atoms with van der Waals surface area (Å²) in [4.78, 5) is 10.6. The Kier molecular flexibility index (Phi) is 2.39. The summed E-state index contributed by atoms with van der Waals surface area (Å²) in [6.07, 6.45) is 0.281. The molecule has 0 spiro atoms. The van der Waals surface area contributed by atoms with Crippen molar-refractivity contribution >= 4 is 5.97 Å². The van der Waals surface area contributed by atoms with E-state index in [1.807, 2.05) is 6.92 Å². The van der Waals surface area contributed by atoms with Crippen LogP contribution in [0.15, 0.2) is 0 Å². The molecule has 0 saturated carbocycles. The van der Waals surface area contributed by atoms with E-state index in [-0.39, 0.29) is 12.3 Å². The quantitative estimate of drug-likeness (QED) is 0.514. The molecule has 0 bridgehead atoms. The lowest BCUT2D eigenvalue weighted by Gasteiger charge is -2.38. The van der Waals surface area contributed by atoms with E-state index in [0.29, 0.717) is 6.54 Å². The van der Waals surface area contributed by atoms with E-state index < -0.39 is 17.6 Å². The van der Waals surface area contributed by atoms with Crippen molar-refractivity contribution in [3.8, 4) is 0 Å². The van der Waals surface area contributed by atoms with Gasteiger partial charge in [-0.3, -0.25) is 4.79 Å². The smallest absolute Gasteiger partial charge is 0.320 e. The lowest BCUT2D eigenvalue weighted by Crippen LogP contribution is -2.54. The van der Waals surface area contributed by atoms with Gasteiger partial charge in [0.2, 0.25) is 0 Å². The second-order valence-corrected chi connectivity index (χ2v) is 3.76. The molecule has 0 radical (unpaired) electrons. The van der Waals surface area contributed by atoms with E-state index in [1.165, 1.54) is 0 Å². The van der Waals surface area contributed by atoms with Gasteiger partial charge in [0.05, 0.1) is 5.60 Å². The van der Waals surface area contributed by atoms with Crippen LogP contribution in [0, 0.1) is 5.92 Å². The third kappa shape index (κ3) is 1.76. The van der Waals surface area contributed by atoms with Crippen LogP contribution in [0.25, 0.3) is 0 Å². The molecule has 3 N–H and O–H groups in total. The lowest BCUT2D eigenvalue weighted by atomic mass is 9.81. The number of carboxylic acid groups (broad SMARTS) is 1. The maximum Gasteiger partial charge on any atom is 0.320 e. The van der Waals surface area contributed by atoms with Gasteiger partial charge in [-0.05, 0) is 12.8 Å². The highest BCUT2D eigenvalue weighted by Crippen LogP contribution is 2.25. The lowest BCUT2D eigenvalue weighted by molar-refractivity contribution is -0.144. The van der Waals surface area contributed by atoms with Gasteiger partial charge in [-0.25, -0.2) is 0 Å². The number of hydrogen-bond acceptors (Lipinski definition) is 3. The van der Waals surface area contributed by atoms with Crippen LogP contribution < -0.4 is 5.32 Å². The molecule has 0 aromatic carbocycles. The van der Waals surface area contributed by atoms with Crippen LogP contribution in [0.2, 0.25) is 0 Å². The molecular formula is C8H15NO3. The van der Waals surface area contributed by atoms with Crippen molar-refractivity contribution in [2.24, 2.45) is 5.92 Å². The van der Waals surface area contributed by atoms with Crippen LogP contribution in [-0.4, -0.2) is 34.4 Å². The molecule has 1 heterocycles. The molecule has 1 aliphatic rings. The van der Waals surface area contributed by atoms with Gasteiger partial charge >= 0.3 is 5.97 Å². The summed E-state index contributed by atoms with van der Waals surface area (Å²) in [7, 11) is 0. The van der Waals surface area contributed by atoms with Crippen molar-refractivity contribution in [1.82, 2.24) is 5.32 Å². The van der Waals surface area contributed by atoms with E-state index in [2.05, 4.69) is 5.32 Å². The van der Waals surface area contributed by atoms with E-state index in [0.717, 1.165) is 0 Å². The average molecular weight is 173 g/mol. The minimum absolute atomic E-state index is 0.105. The van der Waals surface area contributed by atoms with Crippen molar-refractivity contribution in [2.45, 2.75) is 31.9 Å². The molecule has 0 aromatic heterocycles. The molecule has 12 heavy (non-hydrogen) atoms. The van der Waals surface area contributed by atoms with E-state index in [4.69, 9.17) is 5.11 Å². The van der Waals surface area contributed by atoms with Crippen LogP contribution in [0.1, 0.15) is 20.3 Å². The Morgan fingerprint density at radius 3 is 2.67 bits per heavy atom. The highest BCUT2D eigenvalue weighted by atomic mass is 16.4. The minimum atomic E-state index is -0.887. The fourth-order valence-electron chi connectivity index (χ4n) is 1.40. The van der Waals surface area contributed by atoms with Crippen molar-refractivity contribution < 1.29 is 15.0 Å². The third-order valence-corrected chi connectivity index (χ3v) is 2.65. The van der Waals surface area contributed by atoms with E-state index in [1.54, 1.807) is 6.92 Å². The standard InChI is InChI=1S/C8H15NO3/c1-5-4-9-6(7(10)11)3-8(5,2)12/h5-6,9,12H,3-4H2,1-2H3,(H,10,11). The van der Waals surface area contributed by atoms with Crippen molar-refractivity contribution in [3.05, 3.63) is 0 Å².